The number of sulfone groups is 1. The molecule has 5 rings (SSSR count). The van der Waals surface area contributed by atoms with E-state index in [0.29, 0.717) is 60.5 Å². The number of anilines is 1. The van der Waals surface area contributed by atoms with Crippen molar-refractivity contribution in [1.29, 1.82) is 0 Å². The van der Waals surface area contributed by atoms with Gasteiger partial charge in [-0.3, -0.25) is 0 Å². The zero-order valence-corrected chi connectivity index (χ0v) is 17.9. The van der Waals surface area contributed by atoms with E-state index in [1.165, 1.54) is 0 Å². The molecule has 0 N–H and O–H groups in total. The minimum Gasteiger partial charge on any atom is -0.492 e. The second-order valence-electron chi connectivity index (χ2n) is 7.55. The van der Waals surface area contributed by atoms with Crippen molar-refractivity contribution in [3.63, 3.8) is 0 Å². The van der Waals surface area contributed by atoms with Gasteiger partial charge in [-0.1, -0.05) is 18.2 Å². The molecule has 0 aliphatic carbocycles. The number of morpholine rings is 1. The van der Waals surface area contributed by atoms with Crippen molar-refractivity contribution in [3.8, 4) is 17.0 Å². The maximum Gasteiger partial charge on any atom is 0.189 e. The normalized spacial score (nSPS) is 18.5. The summed E-state index contributed by atoms with van der Waals surface area (Å²) in [4.78, 5) is 15.5. The summed E-state index contributed by atoms with van der Waals surface area (Å²) < 4.78 is 38.5. The van der Waals surface area contributed by atoms with Crippen molar-refractivity contribution < 1.29 is 17.9 Å². The third-order valence-corrected chi connectivity index (χ3v) is 7.59. The van der Waals surface area contributed by atoms with Gasteiger partial charge in [-0.25, -0.2) is 23.4 Å². The fraction of sp³-hybridized carbons (Fsp3) is 0.318. The molecule has 4 heterocycles. The number of pyridine rings is 1. The predicted molar refractivity (Wildman–Crippen MR) is 115 cm³/mol. The van der Waals surface area contributed by atoms with Crippen LogP contribution in [0.25, 0.3) is 11.3 Å². The Kier molecular flexibility index (Phi) is 5.07. The number of fused-ring (bicyclic) bond motifs is 1. The maximum atomic E-state index is 13.7. The summed E-state index contributed by atoms with van der Waals surface area (Å²) >= 11 is 0. The quantitative estimate of drug-likeness (QED) is 0.614. The van der Waals surface area contributed by atoms with E-state index in [2.05, 4.69) is 9.97 Å². The van der Waals surface area contributed by atoms with Gasteiger partial charge in [0.15, 0.2) is 9.84 Å². The Labute approximate surface area is 180 Å². The van der Waals surface area contributed by atoms with Crippen LogP contribution in [0.2, 0.25) is 0 Å². The number of rotatable bonds is 4. The zero-order chi connectivity index (χ0) is 21.4. The maximum absolute atomic E-state index is 13.7. The minimum absolute atomic E-state index is 0.0971. The lowest BCUT2D eigenvalue weighted by molar-refractivity contribution is 0.122. The van der Waals surface area contributed by atoms with Gasteiger partial charge < -0.3 is 14.4 Å². The summed E-state index contributed by atoms with van der Waals surface area (Å²) in [6.07, 6.45) is 3.33. The number of nitrogens with zero attached hydrogens (tertiary/aromatic N) is 4. The predicted octanol–water partition coefficient (Wildman–Crippen LogP) is 2.59. The Morgan fingerprint density at radius 3 is 2.58 bits per heavy atom. The molecule has 1 unspecified atom stereocenters. The van der Waals surface area contributed by atoms with Gasteiger partial charge in [0.2, 0.25) is 0 Å². The molecular formula is C22H22N4O4S. The SMILES string of the molecule is Cc1ncc(-c2cc(S(=O)(=O)C3COc4ccccc43)cc(N3CCOCC3)n2)cn1. The summed E-state index contributed by atoms with van der Waals surface area (Å²) in [6.45, 7) is 4.34. The van der Waals surface area contributed by atoms with Gasteiger partial charge in [-0.2, -0.15) is 0 Å². The Morgan fingerprint density at radius 1 is 1.06 bits per heavy atom. The highest BCUT2D eigenvalue weighted by Crippen LogP contribution is 2.41. The molecule has 2 aliphatic rings. The second kappa shape index (κ2) is 7.90. The minimum atomic E-state index is -3.72. The average molecular weight is 439 g/mol. The smallest absolute Gasteiger partial charge is 0.189 e. The van der Waals surface area contributed by atoms with Crippen LogP contribution >= 0.6 is 0 Å². The van der Waals surface area contributed by atoms with Crippen molar-refractivity contribution in [1.82, 2.24) is 15.0 Å². The Bertz CT molecular complexity index is 1210. The van der Waals surface area contributed by atoms with E-state index >= 15 is 0 Å². The summed E-state index contributed by atoms with van der Waals surface area (Å²) in [7, 11) is -3.72. The monoisotopic (exact) mass is 438 g/mol. The van der Waals surface area contributed by atoms with Gasteiger partial charge in [-0.15, -0.1) is 0 Å². The molecule has 0 spiro atoms. The molecule has 160 valence electrons. The van der Waals surface area contributed by atoms with E-state index in [1.807, 2.05) is 23.1 Å². The summed E-state index contributed by atoms with van der Waals surface area (Å²) in [5.41, 5.74) is 1.88. The highest BCUT2D eigenvalue weighted by molar-refractivity contribution is 7.91. The first-order chi connectivity index (χ1) is 15.0. The van der Waals surface area contributed by atoms with Crippen LogP contribution in [0.4, 0.5) is 5.82 Å². The number of aryl methyl sites for hydroxylation is 1. The lowest BCUT2D eigenvalue weighted by Gasteiger charge is -2.28. The molecule has 0 amide bonds. The first-order valence-corrected chi connectivity index (χ1v) is 11.7. The molecule has 0 radical (unpaired) electrons. The van der Waals surface area contributed by atoms with Crippen LogP contribution < -0.4 is 9.64 Å². The number of benzene rings is 1. The molecule has 3 aromatic rings. The molecule has 1 aromatic carbocycles. The summed E-state index contributed by atoms with van der Waals surface area (Å²) in [6, 6.07) is 10.5. The van der Waals surface area contributed by atoms with Crippen molar-refractivity contribution in [2.75, 3.05) is 37.8 Å². The van der Waals surface area contributed by atoms with Crippen molar-refractivity contribution in [3.05, 3.63) is 60.2 Å². The molecule has 8 nitrogen and oxygen atoms in total. The van der Waals surface area contributed by atoms with E-state index in [4.69, 9.17) is 14.5 Å². The van der Waals surface area contributed by atoms with Gasteiger partial charge in [0.05, 0.1) is 23.8 Å². The molecule has 1 fully saturated rings. The van der Waals surface area contributed by atoms with E-state index in [9.17, 15) is 8.42 Å². The van der Waals surface area contributed by atoms with Gasteiger partial charge in [0.1, 0.15) is 29.2 Å². The molecule has 0 saturated carbocycles. The van der Waals surface area contributed by atoms with Gasteiger partial charge in [0, 0.05) is 36.6 Å². The molecular weight excluding hydrogens is 416 g/mol. The largest absolute Gasteiger partial charge is 0.492 e. The zero-order valence-electron chi connectivity index (χ0n) is 17.1. The molecule has 9 heteroatoms. The standard InChI is InChI=1S/C22H22N4O4S/c1-15-23-12-16(13-24-15)19-10-17(11-22(25-19)26-6-8-29-9-7-26)31(27,28)21-14-30-20-5-3-2-4-18(20)21/h2-5,10-13,21H,6-9,14H2,1H3. The third-order valence-electron chi connectivity index (χ3n) is 5.56. The first-order valence-electron chi connectivity index (χ1n) is 10.1. The van der Waals surface area contributed by atoms with E-state index in [-0.39, 0.29) is 11.5 Å². The topological polar surface area (TPSA) is 94.5 Å². The fourth-order valence-electron chi connectivity index (χ4n) is 3.84. The lowest BCUT2D eigenvalue weighted by Crippen LogP contribution is -2.37. The van der Waals surface area contributed by atoms with Gasteiger partial charge >= 0.3 is 0 Å². The number of hydrogen-bond donors (Lipinski definition) is 0. The third kappa shape index (κ3) is 3.75. The second-order valence-corrected chi connectivity index (χ2v) is 9.68. The van der Waals surface area contributed by atoms with E-state index in [1.54, 1.807) is 37.5 Å². The van der Waals surface area contributed by atoms with Crippen molar-refractivity contribution >= 4 is 15.7 Å². The Morgan fingerprint density at radius 2 is 1.81 bits per heavy atom. The first kappa shape index (κ1) is 19.9. The van der Waals surface area contributed by atoms with Crippen LogP contribution in [-0.4, -0.2) is 56.3 Å². The highest BCUT2D eigenvalue weighted by Gasteiger charge is 2.37. The van der Waals surface area contributed by atoms with Crippen LogP contribution in [0.3, 0.4) is 0 Å². The molecule has 1 saturated heterocycles. The van der Waals surface area contributed by atoms with Crippen LogP contribution in [0, 0.1) is 6.92 Å². The number of hydrogen-bond acceptors (Lipinski definition) is 8. The van der Waals surface area contributed by atoms with E-state index < -0.39 is 15.1 Å². The molecule has 0 bridgehead atoms. The average Bonchev–Trinajstić information content (AvgIpc) is 3.25. The van der Waals surface area contributed by atoms with Crippen molar-refractivity contribution in [2.24, 2.45) is 0 Å². The molecule has 1 atom stereocenters. The lowest BCUT2D eigenvalue weighted by atomic mass is 10.2. The van der Waals surface area contributed by atoms with Crippen LogP contribution in [0.15, 0.2) is 53.7 Å². The number of aromatic nitrogens is 3. The number of ether oxygens (including phenoxy) is 2. The molecule has 31 heavy (non-hydrogen) atoms. The van der Waals surface area contributed by atoms with Crippen molar-refractivity contribution in [2.45, 2.75) is 17.1 Å². The summed E-state index contributed by atoms with van der Waals surface area (Å²) in [5.74, 6) is 1.86. The molecule has 2 aliphatic heterocycles. The van der Waals surface area contributed by atoms with Crippen LogP contribution in [0.5, 0.6) is 5.75 Å². The van der Waals surface area contributed by atoms with E-state index in [0.717, 1.165) is 0 Å². The van der Waals surface area contributed by atoms with Gasteiger partial charge in [0.25, 0.3) is 0 Å². The number of para-hydroxylation sites is 1. The fourth-order valence-corrected chi connectivity index (χ4v) is 5.49. The summed E-state index contributed by atoms with van der Waals surface area (Å²) in [5, 5.41) is -0.759. The highest BCUT2D eigenvalue weighted by atomic mass is 32.2. The Balaban J connectivity index is 1.62. The van der Waals surface area contributed by atoms with Crippen LogP contribution in [-0.2, 0) is 14.6 Å². The van der Waals surface area contributed by atoms with Gasteiger partial charge in [-0.05, 0) is 25.1 Å². The van der Waals surface area contributed by atoms with Crippen LogP contribution in [0.1, 0.15) is 16.6 Å². The molecule has 2 aromatic heterocycles. The Hall–Kier alpha value is -3.04.